The van der Waals surface area contributed by atoms with Crippen molar-refractivity contribution in [3.8, 4) is 0 Å². The Morgan fingerprint density at radius 1 is 1.16 bits per heavy atom. The van der Waals surface area contributed by atoms with Crippen molar-refractivity contribution in [1.29, 1.82) is 0 Å². The Morgan fingerprint density at radius 2 is 1.68 bits per heavy atom. The second-order valence-corrected chi connectivity index (χ2v) is 8.34. The molecule has 0 saturated carbocycles. The Morgan fingerprint density at radius 3 is 2.21 bits per heavy atom. The summed E-state index contributed by atoms with van der Waals surface area (Å²) in [5, 5.41) is 1.48. The number of anilines is 1. The minimum Gasteiger partial charge on any atom is -0.399 e. The summed E-state index contributed by atoms with van der Waals surface area (Å²) < 4.78 is 0. The molecule has 1 fully saturated rings. The van der Waals surface area contributed by atoms with Crippen LogP contribution < -0.4 is 5.73 Å². The topological polar surface area (TPSA) is 29.3 Å². The van der Waals surface area contributed by atoms with Crippen LogP contribution in [0.3, 0.4) is 0 Å². The van der Waals surface area contributed by atoms with Gasteiger partial charge in [-0.15, -0.1) is 0 Å². The molecule has 106 valence electrons. The van der Waals surface area contributed by atoms with Gasteiger partial charge in [-0.2, -0.15) is 11.8 Å². The maximum atomic E-state index is 5.78. The predicted octanol–water partition coefficient (Wildman–Crippen LogP) is 3.37. The molecule has 2 rings (SSSR count). The zero-order valence-electron chi connectivity index (χ0n) is 12.5. The molecule has 2 unspecified atom stereocenters. The molecule has 2 N–H and O–H groups in total. The Kier molecular flexibility index (Phi) is 4.46. The van der Waals surface area contributed by atoms with Crippen LogP contribution in [0.25, 0.3) is 0 Å². The Balaban J connectivity index is 2.05. The van der Waals surface area contributed by atoms with Gasteiger partial charge in [-0.05, 0) is 17.7 Å². The van der Waals surface area contributed by atoms with Gasteiger partial charge in [-0.25, -0.2) is 0 Å². The highest BCUT2D eigenvalue weighted by atomic mass is 32.2. The maximum Gasteiger partial charge on any atom is 0.0314 e. The fourth-order valence-corrected chi connectivity index (χ4v) is 4.39. The highest BCUT2D eigenvalue weighted by Crippen LogP contribution is 2.30. The summed E-state index contributed by atoms with van der Waals surface area (Å²) in [6.07, 6.45) is 0. The molecule has 1 aromatic rings. The first-order chi connectivity index (χ1) is 8.87. The Bertz CT molecular complexity index is 403. The summed E-state index contributed by atoms with van der Waals surface area (Å²) in [6.45, 7) is 12.9. The summed E-state index contributed by atoms with van der Waals surface area (Å²) >= 11 is 2.11. The number of thioether (sulfide) groups is 1. The maximum absolute atomic E-state index is 5.78. The number of nitrogens with zero attached hydrogens (tertiary/aromatic N) is 1. The Labute approximate surface area is 121 Å². The number of hydrogen-bond acceptors (Lipinski definition) is 3. The van der Waals surface area contributed by atoms with E-state index in [0.717, 1.165) is 22.7 Å². The molecule has 0 spiro atoms. The van der Waals surface area contributed by atoms with Crippen LogP contribution in [0, 0.1) is 0 Å². The van der Waals surface area contributed by atoms with Crippen molar-refractivity contribution in [2.24, 2.45) is 0 Å². The van der Waals surface area contributed by atoms with Crippen LogP contribution in [0.15, 0.2) is 24.3 Å². The van der Waals surface area contributed by atoms with Gasteiger partial charge in [0.2, 0.25) is 0 Å². The smallest absolute Gasteiger partial charge is 0.0314 e. The van der Waals surface area contributed by atoms with E-state index >= 15 is 0 Å². The first kappa shape index (κ1) is 14.7. The van der Waals surface area contributed by atoms with E-state index in [1.807, 2.05) is 12.1 Å². The molecule has 2 nitrogen and oxygen atoms in total. The summed E-state index contributed by atoms with van der Waals surface area (Å²) in [5.74, 6) is 0. The van der Waals surface area contributed by atoms with Crippen LogP contribution in [-0.2, 0) is 5.41 Å². The third kappa shape index (κ3) is 3.90. The minimum atomic E-state index is 0.176. The van der Waals surface area contributed by atoms with E-state index in [0.29, 0.717) is 0 Å². The quantitative estimate of drug-likeness (QED) is 0.860. The molecular weight excluding hydrogens is 252 g/mol. The van der Waals surface area contributed by atoms with Crippen molar-refractivity contribution in [1.82, 2.24) is 4.90 Å². The van der Waals surface area contributed by atoms with Crippen molar-refractivity contribution >= 4 is 17.4 Å². The van der Waals surface area contributed by atoms with E-state index in [4.69, 9.17) is 5.73 Å². The zero-order valence-corrected chi connectivity index (χ0v) is 13.3. The number of hydrogen-bond donors (Lipinski definition) is 1. The van der Waals surface area contributed by atoms with Crippen molar-refractivity contribution < 1.29 is 0 Å². The lowest BCUT2D eigenvalue weighted by Gasteiger charge is -2.39. The Hall–Kier alpha value is -0.670. The molecule has 1 saturated heterocycles. The molecule has 1 aromatic carbocycles. The van der Waals surface area contributed by atoms with Crippen molar-refractivity contribution in [3.05, 3.63) is 29.8 Å². The predicted molar refractivity (Wildman–Crippen MR) is 86.8 cm³/mol. The standard InChI is InChI=1S/C16H26N2S/c1-12-9-18(10-13(2)19-12)11-16(3,4)14-5-7-15(17)8-6-14/h5-8,12-13H,9-11,17H2,1-4H3. The van der Waals surface area contributed by atoms with Gasteiger partial charge in [0.25, 0.3) is 0 Å². The molecule has 3 heteroatoms. The molecule has 1 aliphatic rings. The lowest BCUT2D eigenvalue weighted by Crippen LogP contribution is -2.46. The van der Waals surface area contributed by atoms with Crippen LogP contribution >= 0.6 is 11.8 Å². The van der Waals surface area contributed by atoms with Crippen LogP contribution in [0.4, 0.5) is 5.69 Å². The molecular formula is C16H26N2S. The second-order valence-electron chi connectivity index (χ2n) is 6.46. The van der Waals surface area contributed by atoms with E-state index in [-0.39, 0.29) is 5.41 Å². The van der Waals surface area contributed by atoms with E-state index in [1.54, 1.807) is 0 Å². The monoisotopic (exact) mass is 278 g/mol. The summed E-state index contributed by atoms with van der Waals surface area (Å²) in [7, 11) is 0. The third-order valence-electron chi connectivity index (χ3n) is 3.81. The highest BCUT2D eigenvalue weighted by molar-refractivity contribution is 8.00. The van der Waals surface area contributed by atoms with E-state index in [1.165, 1.54) is 18.7 Å². The van der Waals surface area contributed by atoms with Gasteiger partial charge in [0, 0.05) is 41.2 Å². The van der Waals surface area contributed by atoms with Crippen LogP contribution in [0.5, 0.6) is 0 Å². The fraction of sp³-hybridized carbons (Fsp3) is 0.625. The minimum absolute atomic E-state index is 0.176. The van der Waals surface area contributed by atoms with Gasteiger partial charge in [-0.3, -0.25) is 0 Å². The SMILES string of the molecule is CC1CN(CC(C)(C)c2ccc(N)cc2)CC(C)S1. The average Bonchev–Trinajstić information content (AvgIpc) is 2.27. The lowest BCUT2D eigenvalue weighted by molar-refractivity contribution is 0.221. The zero-order chi connectivity index (χ0) is 14.0. The normalized spacial score (nSPS) is 25.5. The van der Waals surface area contributed by atoms with E-state index < -0.39 is 0 Å². The van der Waals surface area contributed by atoms with Crippen LogP contribution in [0.2, 0.25) is 0 Å². The molecule has 1 heterocycles. The van der Waals surface area contributed by atoms with Crippen molar-refractivity contribution in [2.75, 3.05) is 25.4 Å². The summed E-state index contributed by atoms with van der Waals surface area (Å²) in [5.41, 5.74) is 8.17. The highest BCUT2D eigenvalue weighted by Gasteiger charge is 2.28. The third-order valence-corrected chi connectivity index (χ3v) is 5.03. The van der Waals surface area contributed by atoms with Crippen molar-refractivity contribution in [2.45, 2.75) is 43.6 Å². The fourth-order valence-electron chi connectivity index (χ4n) is 3.00. The van der Waals surface area contributed by atoms with Gasteiger partial charge in [-0.1, -0.05) is 39.8 Å². The average molecular weight is 278 g/mol. The molecule has 0 aromatic heterocycles. The van der Waals surface area contributed by atoms with Crippen LogP contribution in [0.1, 0.15) is 33.3 Å². The van der Waals surface area contributed by atoms with Gasteiger partial charge >= 0.3 is 0 Å². The molecule has 0 amide bonds. The first-order valence-electron chi connectivity index (χ1n) is 7.10. The molecule has 0 aliphatic carbocycles. The molecule has 2 atom stereocenters. The number of benzene rings is 1. The van der Waals surface area contributed by atoms with E-state index in [2.05, 4.69) is 56.5 Å². The van der Waals surface area contributed by atoms with Gasteiger partial charge in [0.15, 0.2) is 0 Å². The molecule has 0 bridgehead atoms. The lowest BCUT2D eigenvalue weighted by atomic mass is 9.84. The summed E-state index contributed by atoms with van der Waals surface area (Å²) in [4.78, 5) is 2.61. The van der Waals surface area contributed by atoms with Gasteiger partial charge < -0.3 is 10.6 Å². The first-order valence-corrected chi connectivity index (χ1v) is 8.05. The number of rotatable bonds is 3. The number of nitrogens with two attached hydrogens (primary N) is 1. The summed E-state index contributed by atoms with van der Waals surface area (Å²) in [6, 6.07) is 8.35. The van der Waals surface area contributed by atoms with Crippen molar-refractivity contribution in [3.63, 3.8) is 0 Å². The largest absolute Gasteiger partial charge is 0.399 e. The number of nitrogen functional groups attached to an aromatic ring is 1. The van der Waals surface area contributed by atoms with Gasteiger partial charge in [0.05, 0.1) is 0 Å². The van der Waals surface area contributed by atoms with E-state index in [9.17, 15) is 0 Å². The molecule has 1 aliphatic heterocycles. The van der Waals surface area contributed by atoms with Crippen LogP contribution in [-0.4, -0.2) is 35.0 Å². The molecule has 19 heavy (non-hydrogen) atoms. The molecule has 0 radical (unpaired) electrons. The van der Waals surface area contributed by atoms with Gasteiger partial charge in [0.1, 0.15) is 0 Å². The second kappa shape index (κ2) is 5.76.